The minimum atomic E-state index is 1.18. The lowest BCUT2D eigenvalue weighted by Crippen LogP contribution is -1.92. The summed E-state index contributed by atoms with van der Waals surface area (Å²) in [7, 11) is 0. The molecule has 50 heavy (non-hydrogen) atoms. The van der Waals surface area contributed by atoms with Gasteiger partial charge < -0.3 is 4.57 Å². The number of benzene rings is 8. The van der Waals surface area contributed by atoms with Crippen LogP contribution in [0.25, 0.3) is 92.2 Å². The van der Waals surface area contributed by atoms with E-state index in [1.165, 1.54) is 92.2 Å². The fourth-order valence-electron chi connectivity index (χ4n) is 7.50. The van der Waals surface area contributed by atoms with Crippen molar-refractivity contribution in [2.24, 2.45) is 0 Å². The van der Waals surface area contributed by atoms with E-state index in [0.29, 0.717) is 0 Å². The molecular weight excluding hydrogens is 623 g/mol. The second-order valence-electron chi connectivity index (χ2n) is 13.0. The van der Waals surface area contributed by atoms with E-state index < -0.39 is 0 Å². The van der Waals surface area contributed by atoms with Crippen molar-refractivity contribution in [2.45, 2.75) is 0 Å². The Morgan fingerprint density at radius 1 is 0.300 bits per heavy atom. The van der Waals surface area contributed by atoms with Gasteiger partial charge in [-0.05, 0) is 103 Å². The molecule has 0 saturated carbocycles. The van der Waals surface area contributed by atoms with E-state index in [1.807, 2.05) is 11.3 Å². The lowest BCUT2D eigenvalue weighted by Gasteiger charge is -2.08. The van der Waals surface area contributed by atoms with Gasteiger partial charge in [0.2, 0.25) is 0 Å². The molecule has 234 valence electrons. The largest absolute Gasteiger partial charge is 0.309 e. The molecular formula is C48H31NS. The Hall–Kier alpha value is -6.22. The molecule has 0 radical (unpaired) electrons. The molecule has 0 saturated heterocycles. The monoisotopic (exact) mass is 653 g/mol. The molecule has 8 aromatic carbocycles. The summed E-state index contributed by atoms with van der Waals surface area (Å²) in [5.41, 5.74) is 11.1. The van der Waals surface area contributed by atoms with Crippen molar-refractivity contribution in [3.05, 3.63) is 188 Å². The van der Waals surface area contributed by atoms with Crippen molar-refractivity contribution in [3.63, 3.8) is 0 Å². The van der Waals surface area contributed by atoms with E-state index >= 15 is 0 Å². The van der Waals surface area contributed by atoms with Crippen molar-refractivity contribution >= 4 is 54.7 Å². The maximum atomic E-state index is 2.37. The van der Waals surface area contributed by atoms with Gasteiger partial charge in [0.1, 0.15) is 0 Å². The number of hydrogen-bond donors (Lipinski definition) is 0. The number of fused-ring (bicyclic) bond motifs is 6. The zero-order chi connectivity index (χ0) is 33.0. The van der Waals surface area contributed by atoms with E-state index in [-0.39, 0.29) is 0 Å². The maximum Gasteiger partial charge on any atom is 0.0541 e. The molecule has 2 aromatic heterocycles. The third-order valence-electron chi connectivity index (χ3n) is 10.0. The molecule has 1 nitrogen and oxygen atoms in total. The van der Waals surface area contributed by atoms with Crippen molar-refractivity contribution in [2.75, 3.05) is 0 Å². The number of para-hydroxylation sites is 2. The Bertz CT molecular complexity index is 2840. The van der Waals surface area contributed by atoms with E-state index in [0.717, 1.165) is 0 Å². The van der Waals surface area contributed by atoms with Crippen LogP contribution in [0.2, 0.25) is 0 Å². The molecule has 0 aliphatic heterocycles. The Labute approximate surface area is 295 Å². The number of aromatic nitrogens is 1. The molecule has 0 unspecified atom stereocenters. The predicted molar refractivity (Wildman–Crippen MR) is 215 cm³/mol. The molecule has 2 heterocycles. The number of hydrogen-bond acceptors (Lipinski definition) is 1. The zero-order valence-corrected chi connectivity index (χ0v) is 28.1. The molecule has 0 fully saturated rings. The first-order chi connectivity index (χ1) is 24.8. The van der Waals surface area contributed by atoms with Gasteiger partial charge in [0, 0.05) is 26.2 Å². The summed E-state index contributed by atoms with van der Waals surface area (Å²) in [6, 6.07) is 68.6. The second-order valence-corrected chi connectivity index (χ2v) is 14.0. The van der Waals surface area contributed by atoms with Crippen LogP contribution in [0.15, 0.2) is 188 Å². The lowest BCUT2D eigenvalue weighted by atomic mass is 9.97. The molecule has 0 aliphatic rings. The van der Waals surface area contributed by atoms with Gasteiger partial charge in [-0.1, -0.05) is 140 Å². The third kappa shape index (κ3) is 4.84. The van der Waals surface area contributed by atoms with Gasteiger partial charge in [0.25, 0.3) is 0 Å². The van der Waals surface area contributed by atoms with Crippen LogP contribution in [0.3, 0.4) is 0 Å². The number of thiophene rings is 1. The van der Waals surface area contributed by atoms with Gasteiger partial charge in [0.05, 0.1) is 11.0 Å². The van der Waals surface area contributed by atoms with Crippen LogP contribution in [-0.2, 0) is 0 Å². The van der Waals surface area contributed by atoms with E-state index in [1.54, 1.807) is 0 Å². The SMILES string of the molecule is c1ccc(-n2c3ccccc3c3cc(-c4ccc(-c5ccc(-c6ccc(-c7ccc8c(ccc9ccccc98)c7)cc6)s5)cc4)ccc32)cc1. The standard InChI is InChI=1S/C48H31NS/c1-2-9-40(10-3-1)49-45-13-7-6-12-43(45)44-31-38(25-27-46(44)49)33-16-21-36(22-17-33)48-29-28-47(50-48)35-19-14-32(15-20-35)37-24-26-42-39(30-37)23-18-34-8-4-5-11-41(34)42/h1-31H. The van der Waals surface area contributed by atoms with Crippen LogP contribution < -0.4 is 0 Å². The molecule has 0 aliphatic carbocycles. The van der Waals surface area contributed by atoms with E-state index in [4.69, 9.17) is 0 Å². The quantitative estimate of drug-likeness (QED) is 0.163. The highest BCUT2D eigenvalue weighted by molar-refractivity contribution is 7.18. The van der Waals surface area contributed by atoms with Crippen LogP contribution in [0.5, 0.6) is 0 Å². The minimum Gasteiger partial charge on any atom is -0.309 e. The van der Waals surface area contributed by atoms with Gasteiger partial charge in [-0.15, -0.1) is 11.3 Å². The molecule has 2 heteroatoms. The topological polar surface area (TPSA) is 4.93 Å². The van der Waals surface area contributed by atoms with Crippen molar-refractivity contribution < 1.29 is 0 Å². The van der Waals surface area contributed by atoms with Crippen LogP contribution in [-0.4, -0.2) is 4.57 Å². The van der Waals surface area contributed by atoms with Crippen LogP contribution in [0, 0.1) is 0 Å². The van der Waals surface area contributed by atoms with E-state index in [2.05, 4.69) is 193 Å². The lowest BCUT2D eigenvalue weighted by molar-refractivity contribution is 1.18. The average molecular weight is 654 g/mol. The maximum absolute atomic E-state index is 2.37. The van der Waals surface area contributed by atoms with Gasteiger partial charge in [-0.3, -0.25) is 0 Å². The Kier molecular flexibility index (Phi) is 6.75. The highest BCUT2D eigenvalue weighted by atomic mass is 32.1. The summed E-state index contributed by atoms with van der Waals surface area (Å²) in [5, 5.41) is 7.71. The fourth-order valence-corrected chi connectivity index (χ4v) is 8.52. The fraction of sp³-hybridized carbons (Fsp3) is 0. The molecule has 0 N–H and O–H groups in total. The normalized spacial score (nSPS) is 11.6. The molecule has 0 spiro atoms. The summed E-state index contributed by atoms with van der Waals surface area (Å²) >= 11 is 1.85. The van der Waals surface area contributed by atoms with Crippen molar-refractivity contribution in [1.29, 1.82) is 0 Å². The molecule has 0 amide bonds. The predicted octanol–water partition coefficient (Wildman–Crippen LogP) is 13.8. The van der Waals surface area contributed by atoms with Gasteiger partial charge in [0.15, 0.2) is 0 Å². The van der Waals surface area contributed by atoms with Crippen LogP contribution in [0.1, 0.15) is 0 Å². The Balaban J connectivity index is 0.914. The first-order valence-electron chi connectivity index (χ1n) is 17.1. The summed E-state index contributed by atoms with van der Waals surface area (Å²) in [4.78, 5) is 2.56. The summed E-state index contributed by atoms with van der Waals surface area (Å²) in [5.74, 6) is 0. The molecule has 0 atom stereocenters. The Morgan fingerprint density at radius 3 is 1.56 bits per heavy atom. The molecule has 10 aromatic rings. The van der Waals surface area contributed by atoms with Gasteiger partial charge >= 0.3 is 0 Å². The molecule has 10 rings (SSSR count). The summed E-state index contributed by atoms with van der Waals surface area (Å²) in [6.45, 7) is 0. The number of nitrogens with zero attached hydrogens (tertiary/aromatic N) is 1. The summed E-state index contributed by atoms with van der Waals surface area (Å²) in [6.07, 6.45) is 0. The highest BCUT2D eigenvalue weighted by Gasteiger charge is 2.13. The first kappa shape index (κ1) is 28.8. The van der Waals surface area contributed by atoms with Crippen LogP contribution >= 0.6 is 11.3 Å². The molecule has 0 bridgehead atoms. The minimum absolute atomic E-state index is 1.18. The first-order valence-corrected chi connectivity index (χ1v) is 17.9. The van der Waals surface area contributed by atoms with Crippen molar-refractivity contribution in [3.8, 4) is 48.8 Å². The third-order valence-corrected chi connectivity index (χ3v) is 11.2. The number of rotatable bonds is 5. The van der Waals surface area contributed by atoms with E-state index in [9.17, 15) is 0 Å². The van der Waals surface area contributed by atoms with Crippen molar-refractivity contribution in [1.82, 2.24) is 4.57 Å². The average Bonchev–Trinajstić information content (AvgIpc) is 3.82. The smallest absolute Gasteiger partial charge is 0.0541 e. The van der Waals surface area contributed by atoms with Gasteiger partial charge in [-0.2, -0.15) is 0 Å². The summed E-state index contributed by atoms with van der Waals surface area (Å²) < 4.78 is 2.37. The Morgan fingerprint density at radius 2 is 0.820 bits per heavy atom. The second kappa shape index (κ2) is 11.7. The zero-order valence-electron chi connectivity index (χ0n) is 27.3. The highest BCUT2D eigenvalue weighted by Crippen LogP contribution is 2.38. The van der Waals surface area contributed by atoms with Gasteiger partial charge in [-0.25, -0.2) is 0 Å². The van der Waals surface area contributed by atoms with Crippen LogP contribution in [0.4, 0.5) is 0 Å².